The van der Waals surface area contributed by atoms with E-state index in [0.29, 0.717) is 19.6 Å². The number of amides is 1. The van der Waals surface area contributed by atoms with Crippen molar-refractivity contribution in [1.29, 1.82) is 5.26 Å². The largest absolute Gasteiger partial charge is 0.385 e. The summed E-state index contributed by atoms with van der Waals surface area (Å²) in [5.41, 5.74) is 1.92. The van der Waals surface area contributed by atoms with Crippen molar-refractivity contribution in [3.63, 3.8) is 0 Å². The molecule has 1 aromatic carbocycles. The first kappa shape index (κ1) is 17.5. The highest BCUT2D eigenvalue weighted by Gasteiger charge is 2.07. The van der Waals surface area contributed by atoms with Crippen molar-refractivity contribution in [3.05, 3.63) is 36.0 Å². The highest BCUT2D eigenvalue weighted by molar-refractivity contribution is 5.97. The van der Waals surface area contributed by atoms with Crippen LogP contribution in [0.1, 0.15) is 6.42 Å². The molecule has 0 unspecified atom stereocenters. The highest BCUT2D eigenvalue weighted by atomic mass is 16.5. The van der Waals surface area contributed by atoms with Gasteiger partial charge in [0.15, 0.2) is 0 Å². The van der Waals surface area contributed by atoms with Gasteiger partial charge in [0.2, 0.25) is 0 Å². The molecule has 0 saturated carbocycles. The van der Waals surface area contributed by atoms with Crippen molar-refractivity contribution in [2.45, 2.75) is 6.42 Å². The molecule has 0 spiro atoms. The summed E-state index contributed by atoms with van der Waals surface area (Å²) < 4.78 is 4.90. The van der Waals surface area contributed by atoms with E-state index in [-0.39, 0.29) is 5.57 Å². The van der Waals surface area contributed by atoms with E-state index in [2.05, 4.69) is 10.6 Å². The van der Waals surface area contributed by atoms with E-state index in [0.717, 1.165) is 11.4 Å². The molecule has 118 valence electrons. The zero-order valence-electron chi connectivity index (χ0n) is 13.2. The molecule has 0 aliphatic carbocycles. The lowest BCUT2D eigenvalue weighted by molar-refractivity contribution is -0.117. The Labute approximate surface area is 131 Å². The third-order valence-electron chi connectivity index (χ3n) is 2.94. The number of nitrogens with zero attached hydrogens (tertiary/aromatic N) is 2. The number of benzene rings is 1. The van der Waals surface area contributed by atoms with Crippen LogP contribution in [-0.2, 0) is 9.53 Å². The van der Waals surface area contributed by atoms with Crippen LogP contribution >= 0.6 is 0 Å². The molecule has 0 aliphatic rings. The predicted molar refractivity (Wildman–Crippen MR) is 87.6 cm³/mol. The molecule has 6 nitrogen and oxygen atoms in total. The molecule has 0 saturated heterocycles. The van der Waals surface area contributed by atoms with Gasteiger partial charge in [-0.2, -0.15) is 5.26 Å². The first-order valence-electron chi connectivity index (χ1n) is 6.99. The monoisotopic (exact) mass is 302 g/mol. The van der Waals surface area contributed by atoms with E-state index in [1.54, 1.807) is 7.11 Å². The molecule has 0 fully saturated rings. The van der Waals surface area contributed by atoms with Crippen LogP contribution in [0.15, 0.2) is 36.0 Å². The zero-order valence-corrected chi connectivity index (χ0v) is 13.2. The lowest BCUT2D eigenvalue weighted by Crippen LogP contribution is -2.26. The molecule has 22 heavy (non-hydrogen) atoms. The summed E-state index contributed by atoms with van der Waals surface area (Å²) in [5, 5.41) is 14.7. The number of hydrogen-bond donors (Lipinski definition) is 2. The van der Waals surface area contributed by atoms with Gasteiger partial charge in [0, 0.05) is 51.9 Å². The van der Waals surface area contributed by atoms with Gasteiger partial charge in [-0.3, -0.25) is 4.79 Å². The second-order valence-electron chi connectivity index (χ2n) is 4.86. The number of ether oxygens (including phenoxy) is 1. The third kappa shape index (κ3) is 5.85. The second kappa shape index (κ2) is 9.42. The van der Waals surface area contributed by atoms with Crippen LogP contribution in [0.4, 0.5) is 11.4 Å². The minimum atomic E-state index is -0.393. The summed E-state index contributed by atoms with van der Waals surface area (Å²) in [6.07, 6.45) is 2.12. The van der Waals surface area contributed by atoms with Crippen LogP contribution in [0.2, 0.25) is 0 Å². The molecular formula is C16H22N4O2. The maximum Gasteiger partial charge on any atom is 0.263 e. The van der Waals surface area contributed by atoms with Gasteiger partial charge in [-0.05, 0) is 30.7 Å². The van der Waals surface area contributed by atoms with Crippen molar-refractivity contribution in [2.24, 2.45) is 0 Å². The number of methoxy groups -OCH3 is 1. The number of rotatable bonds is 8. The zero-order chi connectivity index (χ0) is 16.4. The molecule has 0 atom stereocenters. The molecule has 0 heterocycles. The Balaban J connectivity index is 2.57. The van der Waals surface area contributed by atoms with Gasteiger partial charge < -0.3 is 20.3 Å². The molecular weight excluding hydrogens is 280 g/mol. The molecule has 0 aliphatic heterocycles. The number of anilines is 2. The maximum atomic E-state index is 11.8. The van der Waals surface area contributed by atoms with E-state index in [9.17, 15) is 4.79 Å². The average Bonchev–Trinajstić information content (AvgIpc) is 2.52. The molecule has 1 amide bonds. The Morgan fingerprint density at radius 2 is 2.05 bits per heavy atom. The summed E-state index contributed by atoms with van der Waals surface area (Å²) in [6.45, 7) is 1.05. The van der Waals surface area contributed by atoms with Crippen molar-refractivity contribution in [1.82, 2.24) is 5.32 Å². The van der Waals surface area contributed by atoms with E-state index in [4.69, 9.17) is 10.00 Å². The molecule has 0 aromatic heterocycles. The maximum absolute atomic E-state index is 11.8. The van der Waals surface area contributed by atoms with Crippen molar-refractivity contribution >= 4 is 17.3 Å². The summed E-state index contributed by atoms with van der Waals surface area (Å²) in [5.74, 6) is -0.393. The standard InChI is InChI=1S/C16H22N4O2/c1-20(2)15-7-5-14(6-8-15)19-12-13(11-17)16(21)18-9-4-10-22-3/h5-8,12,19H,4,9-10H2,1-3H3,(H,18,21)/b13-12-. The van der Waals surface area contributed by atoms with Gasteiger partial charge in [-0.15, -0.1) is 0 Å². The van der Waals surface area contributed by atoms with Crippen molar-refractivity contribution < 1.29 is 9.53 Å². The number of hydrogen-bond acceptors (Lipinski definition) is 5. The van der Waals surface area contributed by atoms with Gasteiger partial charge in [-0.25, -0.2) is 0 Å². The fraction of sp³-hybridized carbons (Fsp3) is 0.375. The normalized spacial score (nSPS) is 10.7. The Morgan fingerprint density at radius 3 is 2.59 bits per heavy atom. The number of carbonyl (C=O) groups excluding carboxylic acids is 1. The van der Waals surface area contributed by atoms with E-state index < -0.39 is 5.91 Å². The highest BCUT2D eigenvalue weighted by Crippen LogP contribution is 2.15. The fourth-order valence-electron chi connectivity index (χ4n) is 1.67. The summed E-state index contributed by atoms with van der Waals surface area (Å²) in [7, 11) is 5.53. The Hall–Kier alpha value is -2.52. The Kier molecular flexibility index (Phi) is 7.51. The average molecular weight is 302 g/mol. The topological polar surface area (TPSA) is 77.4 Å². The van der Waals surface area contributed by atoms with Gasteiger partial charge in [0.05, 0.1) is 0 Å². The van der Waals surface area contributed by atoms with E-state index in [1.165, 1.54) is 6.20 Å². The summed E-state index contributed by atoms with van der Waals surface area (Å²) in [6, 6.07) is 9.56. The first-order valence-corrected chi connectivity index (χ1v) is 6.99. The molecule has 0 radical (unpaired) electrons. The molecule has 0 bridgehead atoms. The third-order valence-corrected chi connectivity index (χ3v) is 2.94. The van der Waals surface area contributed by atoms with Gasteiger partial charge in [0.25, 0.3) is 5.91 Å². The lowest BCUT2D eigenvalue weighted by Gasteiger charge is -2.12. The smallest absolute Gasteiger partial charge is 0.263 e. The SMILES string of the molecule is COCCCNC(=O)/C(C#N)=C\Nc1ccc(N(C)C)cc1. The van der Waals surface area contributed by atoms with Crippen LogP contribution in [0, 0.1) is 11.3 Å². The van der Waals surface area contributed by atoms with Crippen LogP contribution in [0.3, 0.4) is 0 Å². The summed E-state index contributed by atoms with van der Waals surface area (Å²) in [4.78, 5) is 13.8. The Morgan fingerprint density at radius 1 is 1.36 bits per heavy atom. The Bertz CT molecular complexity index is 544. The van der Waals surface area contributed by atoms with Crippen LogP contribution in [0.5, 0.6) is 0 Å². The molecule has 1 rings (SSSR count). The van der Waals surface area contributed by atoms with Crippen molar-refractivity contribution in [3.8, 4) is 6.07 Å². The minimum Gasteiger partial charge on any atom is -0.385 e. The van der Waals surface area contributed by atoms with E-state index >= 15 is 0 Å². The number of carbonyl (C=O) groups is 1. The molecule has 6 heteroatoms. The van der Waals surface area contributed by atoms with Gasteiger partial charge in [-0.1, -0.05) is 0 Å². The minimum absolute atomic E-state index is 0.0362. The van der Waals surface area contributed by atoms with Crippen LogP contribution < -0.4 is 15.5 Å². The van der Waals surface area contributed by atoms with E-state index in [1.807, 2.05) is 49.3 Å². The lowest BCUT2D eigenvalue weighted by atomic mass is 10.2. The van der Waals surface area contributed by atoms with Gasteiger partial charge >= 0.3 is 0 Å². The quantitative estimate of drug-likeness (QED) is 0.434. The molecule has 1 aromatic rings. The summed E-state index contributed by atoms with van der Waals surface area (Å²) >= 11 is 0. The van der Waals surface area contributed by atoms with Crippen LogP contribution in [-0.4, -0.2) is 40.3 Å². The number of nitriles is 1. The van der Waals surface area contributed by atoms with Gasteiger partial charge in [0.1, 0.15) is 11.6 Å². The number of nitrogens with one attached hydrogen (secondary N) is 2. The van der Waals surface area contributed by atoms with Crippen molar-refractivity contribution in [2.75, 3.05) is 44.6 Å². The predicted octanol–water partition coefficient (Wildman–Crippen LogP) is 1.72. The van der Waals surface area contributed by atoms with Crippen LogP contribution in [0.25, 0.3) is 0 Å². The molecule has 2 N–H and O–H groups in total. The second-order valence-corrected chi connectivity index (χ2v) is 4.86. The first-order chi connectivity index (χ1) is 10.6. The fourth-order valence-corrected chi connectivity index (χ4v) is 1.67.